The molecule has 0 spiro atoms. The van der Waals surface area contributed by atoms with Crippen molar-refractivity contribution in [3.63, 3.8) is 0 Å². The third kappa shape index (κ3) is 12.4. The number of hydrogen-bond acceptors (Lipinski definition) is 0. The Balaban J connectivity index is 1.45. The van der Waals surface area contributed by atoms with Gasteiger partial charge in [0.2, 0.25) is 5.41 Å². The van der Waals surface area contributed by atoms with Crippen LogP contribution in [-0.4, -0.2) is 44.6 Å². The van der Waals surface area contributed by atoms with Crippen LogP contribution in [0.1, 0.15) is 200 Å². The molecule has 0 atom stereocenters. The summed E-state index contributed by atoms with van der Waals surface area (Å²) in [6.45, 7) is 54.0. The minimum Gasteiger partial charge on any atom is -0.169 e. The second-order valence-electron chi connectivity index (χ2n) is 33.2. The second-order valence-corrected chi connectivity index (χ2v) is 55.5. The van der Waals surface area contributed by atoms with E-state index in [4.69, 9.17) is 0 Å². The summed E-state index contributed by atoms with van der Waals surface area (Å²) in [6.07, 6.45) is -11.9. The van der Waals surface area contributed by atoms with Crippen molar-refractivity contribution in [3.8, 4) is 45.9 Å². The monoisotopic (exact) mass is 1420 g/mol. The summed E-state index contributed by atoms with van der Waals surface area (Å²) in [5, 5.41) is 9.39. The lowest BCUT2D eigenvalue weighted by Crippen LogP contribution is -2.55. The largest absolute Gasteiger partial charge is 0.411 e. The molecule has 10 aromatic carbocycles. The Kier molecular flexibility index (Phi) is 21.4. The molecule has 101 heavy (non-hydrogen) atoms. The van der Waals surface area contributed by atoms with Crippen LogP contribution in [0, 0.1) is 45.9 Å². The highest BCUT2D eigenvalue weighted by Crippen LogP contribution is 2.60. The Morgan fingerprint density at radius 1 is 0.228 bits per heavy atom. The number of hydrogen-bond donors (Lipinski definition) is 0. The number of fused-ring (bicyclic) bond motifs is 8. The van der Waals surface area contributed by atoms with Crippen LogP contribution in [0.4, 0.5) is 26.3 Å². The first-order valence-corrected chi connectivity index (χ1v) is 46.1. The zero-order valence-corrected chi connectivity index (χ0v) is 68.4. The van der Waals surface area contributed by atoms with Gasteiger partial charge in [0.1, 0.15) is 32.3 Å². The molecule has 0 radical (unpaired) electrons. The summed E-state index contributed by atoms with van der Waals surface area (Å²) in [6, 6.07) is 39.9. The van der Waals surface area contributed by atoms with Gasteiger partial charge in [0, 0.05) is 22.3 Å². The van der Waals surface area contributed by atoms with Crippen molar-refractivity contribution in [1.29, 1.82) is 0 Å². The molecule has 0 aliphatic carbocycles. The fourth-order valence-corrected chi connectivity index (χ4v) is 40.7. The van der Waals surface area contributed by atoms with Gasteiger partial charge in [-0.2, -0.15) is 26.3 Å². The Hall–Kier alpha value is -7.03. The molecular formula is C91H106F6Si4. The first-order chi connectivity index (χ1) is 47.2. The molecule has 0 fully saturated rings. The van der Waals surface area contributed by atoms with Crippen molar-refractivity contribution in [2.24, 2.45) is 0 Å². The average Bonchev–Trinajstić information content (AvgIpc) is 0.692. The Morgan fingerprint density at radius 3 is 0.594 bits per heavy atom. The third-order valence-electron chi connectivity index (χ3n) is 24.7. The standard InChI is InChI=1S/C91H106F6Si4/c1-55(2)98(56(3)4,57(5)6)43-39-73-79-47-67-31-25-27-33-69(67)49-81(79)75(41-45-100(61(13)14,62(15)16)63(17)18)85-53-77-71(51-83(73)85)35-29-37-87(77)89(90(92,93)94,91(95,96)97)88-38-30-36-72-52-84-74(40-44-99(58(7)8,59(9)10)60(11)12)80-48-68-32-26-28-34-70(68)50-82(80)76(86(84)54-78(72)88)42-46-101(64(19)20,65(21)22)66(23)24/h25-38,47-66H,1-24H3. The first kappa shape index (κ1) is 76.6. The van der Waals surface area contributed by atoms with Crippen molar-refractivity contribution >= 4 is 118 Å². The van der Waals surface area contributed by atoms with E-state index in [-0.39, 0.29) is 88.0 Å². The SMILES string of the molecule is CC(C)[Si](C#Cc1c2cc3ccccc3cc2c(C#C[Si](C(C)C)(C(C)C)C(C)C)c2cc3c(C(c4cccc5cc6c(C#C[Si](C(C)C)(C(C)C)C(C)C)c7cc8ccccc8cc7c(C#C[Si](C(C)C)(C(C)C)C(C)C)c6cc45)(C(F)(F)F)C(F)(F)F)cccc3cc12)(C(C)C)C(C)C. The highest BCUT2D eigenvalue weighted by molar-refractivity contribution is 6.92. The van der Waals surface area contributed by atoms with Crippen LogP contribution in [0.25, 0.3) is 86.2 Å². The fourth-order valence-electron chi connectivity index (χ4n) is 19.9. The molecule has 0 saturated carbocycles. The Labute approximate surface area is 604 Å². The highest BCUT2D eigenvalue weighted by Gasteiger charge is 2.73. The van der Waals surface area contributed by atoms with E-state index >= 15 is 26.3 Å². The minimum absolute atomic E-state index is 0.169. The summed E-state index contributed by atoms with van der Waals surface area (Å²) < 4.78 is 107. The molecule has 0 aromatic heterocycles. The smallest absolute Gasteiger partial charge is 0.169 e. The van der Waals surface area contributed by atoms with Crippen LogP contribution in [0.15, 0.2) is 133 Å². The topological polar surface area (TPSA) is 0 Å². The third-order valence-corrected chi connectivity index (χ3v) is 49.9. The molecule has 0 aliphatic rings. The maximum atomic E-state index is 17.9. The van der Waals surface area contributed by atoms with E-state index in [1.54, 1.807) is 24.3 Å². The van der Waals surface area contributed by atoms with Gasteiger partial charge >= 0.3 is 12.4 Å². The van der Waals surface area contributed by atoms with Crippen molar-refractivity contribution in [3.05, 3.63) is 167 Å². The summed E-state index contributed by atoms with van der Waals surface area (Å²) in [4.78, 5) is 0. The van der Waals surface area contributed by atoms with Gasteiger partial charge in [-0.3, -0.25) is 0 Å². The zero-order chi connectivity index (χ0) is 74.3. The molecular weight excluding hydrogens is 1320 g/mol. The summed E-state index contributed by atoms with van der Waals surface area (Å²) >= 11 is 0. The van der Waals surface area contributed by atoms with Crippen LogP contribution in [0.2, 0.25) is 66.5 Å². The van der Waals surface area contributed by atoms with E-state index in [1.165, 1.54) is 12.1 Å². The molecule has 0 unspecified atom stereocenters. The Morgan fingerprint density at radius 2 is 0.406 bits per heavy atom. The molecule has 0 N–H and O–H groups in total. The van der Waals surface area contributed by atoms with Gasteiger partial charge in [-0.05, 0) is 212 Å². The van der Waals surface area contributed by atoms with Crippen molar-refractivity contribution in [1.82, 2.24) is 0 Å². The lowest BCUT2D eigenvalue weighted by Gasteiger charge is -2.39. The predicted octanol–water partition coefficient (Wildman–Crippen LogP) is 28.6. The normalized spacial score (nSPS) is 13.4. The van der Waals surface area contributed by atoms with Gasteiger partial charge in [0.15, 0.2) is 0 Å². The first-order valence-electron chi connectivity index (χ1n) is 37.2. The van der Waals surface area contributed by atoms with E-state index < -0.39 is 61.2 Å². The summed E-state index contributed by atoms with van der Waals surface area (Å²) in [5.41, 5.74) is 15.1. The Bertz CT molecular complexity index is 4730. The molecule has 10 aromatic rings. The summed E-state index contributed by atoms with van der Waals surface area (Å²) in [5.74, 6) is 15.3. The van der Waals surface area contributed by atoms with Crippen LogP contribution in [0.5, 0.6) is 0 Å². The highest BCUT2D eigenvalue weighted by atomic mass is 28.3. The molecule has 0 saturated heterocycles. The lowest BCUT2D eigenvalue weighted by molar-refractivity contribution is -0.287. The van der Waals surface area contributed by atoms with Crippen LogP contribution >= 0.6 is 0 Å². The van der Waals surface area contributed by atoms with Crippen LogP contribution in [-0.2, 0) is 5.41 Å². The van der Waals surface area contributed by atoms with Gasteiger partial charge in [0.25, 0.3) is 0 Å². The van der Waals surface area contributed by atoms with E-state index in [0.29, 0.717) is 43.8 Å². The van der Waals surface area contributed by atoms with E-state index in [2.05, 4.69) is 248 Å². The van der Waals surface area contributed by atoms with Gasteiger partial charge < -0.3 is 0 Å². The number of alkyl halides is 6. The van der Waals surface area contributed by atoms with E-state index in [1.807, 2.05) is 48.5 Å². The van der Waals surface area contributed by atoms with E-state index in [9.17, 15) is 0 Å². The number of halogens is 6. The van der Waals surface area contributed by atoms with Gasteiger partial charge in [-0.15, -0.1) is 22.2 Å². The van der Waals surface area contributed by atoms with Gasteiger partial charge in [-0.25, -0.2) is 0 Å². The molecule has 10 rings (SSSR count). The maximum Gasteiger partial charge on any atom is 0.411 e. The molecule has 0 bridgehead atoms. The maximum absolute atomic E-state index is 17.9. The fraction of sp³-hybridized carbons (Fsp3) is 0.429. The average molecular weight is 1430 g/mol. The van der Waals surface area contributed by atoms with Crippen molar-refractivity contribution in [2.45, 2.75) is 250 Å². The molecule has 0 nitrogen and oxygen atoms in total. The molecule has 0 amide bonds. The molecule has 0 aliphatic heterocycles. The lowest BCUT2D eigenvalue weighted by atomic mass is 9.69. The van der Waals surface area contributed by atoms with Gasteiger partial charge in [-0.1, -0.05) is 275 Å². The molecule has 0 heterocycles. The van der Waals surface area contributed by atoms with Crippen molar-refractivity contribution < 1.29 is 26.3 Å². The quantitative estimate of drug-likeness (QED) is 0.0441. The van der Waals surface area contributed by atoms with Crippen LogP contribution in [0.3, 0.4) is 0 Å². The second kappa shape index (κ2) is 28.2. The minimum atomic E-state index is -5.97. The number of rotatable bonds is 14. The van der Waals surface area contributed by atoms with Crippen LogP contribution < -0.4 is 0 Å². The zero-order valence-electron chi connectivity index (χ0n) is 64.4. The van der Waals surface area contributed by atoms with Gasteiger partial charge in [0.05, 0.1) is 0 Å². The predicted molar refractivity (Wildman–Crippen MR) is 438 cm³/mol. The van der Waals surface area contributed by atoms with E-state index in [0.717, 1.165) is 55.2 Å². The number of benzene rings is 10. The summed E-state index contributed by atoms with van der Waals surface area (Å²) in [7, 11) is -10.0. The molecule has 528 valence electrons. The van der Waals surface area contributed by atoms with Crippen molar-refractivity contribution in [2.75, 3.05) is 0 Å². The molecule has 10 heteroatoms.